The van der Waals surface area contributed by atoms with Crippen molar-refractivity contribution in [3.63, 3.8) is 0 Å². The highest BCUT2D eigenvalue weighted by molar-refractivity contribution is 5.94. The number of H-pyrrole nitrogens is 1. The van der Waals surface area contributed by atoms with E-state index in [0.717, 1.165) is 32.2 Å². The topological polar surface area (TPSA) is 92.7 Å². The molecular weight excluding hydrogens is 330 g/mol. The first-order valence-electron chi connectivity index (χ1n) is 9.83. The van der Waals surface area contributed by atoms with Crippen LogP contribution in [0.4, 0.5) is 5.95 Å². The SMILES string of the molecule is CCCn1cnc2c(=O)[nH]c(NC(=O)C34CC5CC(CC(C5)C3)C4)nc21. The third-order valence-electron chi connectivity index (χ3n) is 6.69. The molecule has 0 radical (unpaired) electrons. The second kappa shape index (κ2) is 5.66. The number of hydrogen-bond donors (Lipinski definition) is 2. The number of anilines is 1. The van der Waals surface area contributed by atoms with E-state index >= 15 is 0 Å². The summed E-state index contributed by atoms with van der Waals surface area (Å²) in [5.74, 6) is 2.40. The Morgan fingerprint density at radius 2 is 1.92 bits per heavy atom. The van der Waals surface area contributed by atoms with Gasteiger partial charge in [-0.25, -0.2) is 4.98 Å². The number of aromatic amines is 1. The summed E-state index contributed by atoms with van der Waals surface area (Å²) in [7, 11) is 0. The van der Waals surface area contributed by atoms with Gasteiger partial charge in [0.05, 0.1) is 11.7 Å². The first-order chi connectivity index (χ1) is 12.6. The van der Waals surface area contributed by atoms with Crippen molar-refractivity contribution in [1.29, 1.82) is 0 Å². The molecule has 26 heavy (non-hydrogen) atoms. The van der Waals surface area contributed by atoms with Crippen molar-refractivity contribution in [2.75, 3.05) is 5.32 Å². The predicted octanol–water partition coefficient (Wildman–Crippen LogP) is 2.68. The lowest BCUT2D eigenvalue weighted by atomic mass is 9.49. The largest absolute Gasteiger partial charge is 0.315 e. The van der Waals surface area contributed by atoms with Gasteiger partial charge in [0.25, 0.3) is 5.56 Å². The molecule has 6 rings (SSSR count). The van der Waals surface area contributed by atoms with E-state index in [1.165, 1.54) is 19.3 Å². The molecule has 7 heteroatoms. The quantitative estimate of drug-likeness (QED) is 0.882. The Hall–Kier alpha value is -2.18. The normalized spacial score (nSPS) is 32.3. The molecule has 2 aromatic heterocycles. The summed E-state index contributed by atoms with van der Waals surface area (Å²) in [6.07, 6.45) is 9.43. The third-order valence-corrected chi connectivity index (χ3v) is 6.69. The summed E-state index contributed by atoms with van der Waals surface area (Å²) in [6.45, 7) is 2.81. The molecule has 0 atom stereocenters. The molecule has 4 aliphatic rings. The van der Waals surface area contributed by atoms with Gasteiger partial charge in [-0.2, -0.15) is 4.98 Å². The van der Waals surface area contributed by atoms with Crippen molar-refractivity contribution >= 4 is 23.0 Å². The molecule has 0 saturated heterocycles. The van der Waals surface area contributed by atoms with Crippen LogP contribution in [0.15, 0.2) is 11.1 Å². The smallest absolute Gasteiger partial charge is 0.280 e. The number of carbonyl (C=O) groups excluding carboxylic acids is 1. The zero-order valence-corrected chi connectivity index (χ0v) is 15.1. The summed E-state index contributed by atoms with van der Waals surface area (Å²) in [4.78, 5) is 36.8. The zero-order chi connectivity index (χ0) is 17.9. The monoisotopic (exact) mass is 355 g/mol. The Kier molecular flexibility index (Phi) is 3.49. The van der Waals surface area contributed by atoms with E-state index in [4.69, 9.17) is 0 Å². The second-order valence-electron chi connectivity index (χ2n) is 8.68. The molecule has 2 aromatic rings. The molecule has 7 nitrogen and oxygen atoms in total. The molecule has 2 heterocycles. The summed E-state index contributed by atoms with van der Waals surface area (Å²) in [5.41, 5.74) is 0.305. The first kappa shape index (κ1) is 16.0. The van der Waals surface area contributed by atoms with Gasteiger partial charge in [0.15, 0.2) is 11.2 Å². The standard InChI is InChI=1S/C19H25N5O2/c1-2-3-24-10-20-14-15(24)21-18(22-16(14)25)23-17(26)19-7-11-4-12(8-19)6-13(5-11)9-19/h10-13H,2-9H2,1H3,(H2,21,22,23,25,26). The van der Waals surface area contributed by atoms with E-state index in [-0.39, 0.29) is 22.8 Å². The molecule has 0 aromatic carbocycles. The molecule has 4 aliphatic carbocycles. The number of amides is 1. The van der Waals surface area contributed by atoms with Crippen LogP contribution in [0.1, 0.15) is 51.9 Å². The van der Waals surface area contributed by atoms with Gasteiger partial charge in [-0.15, -0.1) is 0 Å². The average Bonchev–Trinajstić information content (AvgIpc) is 2.97. The molecule has 1 amide bonds. The summed E-state index contributed by atoms with van der Waals surface area (Å²) in [6, 6.07) is 0. The maximum Gasteiger partial charge on any atom is 0.280 e. The van der Waals surface area contributed by atoms with Crippen LogP contribution in [-0.4, -0.2) is 25.4 Å². The molecule has 138 valence electrons. The van der Waals surface area contributed by atoms with Crippen molar-refractivity contribution in [3.8, 4) is 0 Å². The van der Waals surface area contributed by atoms with Crippen LogP contribution >= 0.6 is 0 Å². The predicted molar refractivity (Wildman–Crippen MR) is 97.7 cm³/mol. The fraction of sp³-hybridized carbons (Fsp3) is 0.684. The Morgan fingerprint density at radius 1 is 1.27 bits per heavy atom. The fourth-order valence-electron chi connectivity index (χ4n) is 6.05. The van der Waals surface area contributed by atoms with Crippen molar-refractivity contribution in [2.24, 2.45) is 23.2 Å². The maximum absolute atomic E-state index is 13.2. The fourth-order valence-corrected chi connectivity index (χ4v) is 6.05. The molecule has 4 bridgehead atoms. The van der Waals surface area contributed by atoms with Gasteiger partial charge in [-0.1, -0.05) is 6.92 Å². The highest BCUT2D eigenvalue weighted by Crippen LogP contribution is 2.60. The van der Waals surface area contributed by atoms with Gasteiger partial charge in [0.1, 0.15) is 0 Å². The van der Waals surface area contributed by atoms with Crippen LogP contribution < -0.4 is 10.9 Å². The lowest BCUT2D eigenvalue weighted by Gasteiger charge is -2.55. The number of imidazole rings is 1. The van der Waals surface area contributed by atoms with E-state index in [1.807, 2.05) is 4.57 Å². The van der Waals surface area contributed by atoms with Gasteiger partial charge in [-0.3, -0.25) is 19.9 Å². The highest BCUT2D eigenvalue weighted by Gasteiger charge is 2.54. The van der Waals surface area contributed by atoms with E-state index in [1.54, 1.807) is 6.33 Å². The third kappa shape index (κ3) is 2.40. The number of hydrogen-bond acceptors (Lipinski definition) is 4. The number of rotatable bonds is 4. The van der Waals surface area contributed by atoms with Crippen LogP contribution in [0.5, 0.6) is 0 Å². The number of nitrogens with zero attached hydrogens (tertiary/aromatic N) is 3. The minimum absolute atomic E-state index is 0.0423. The van der Waals surface area contributed by atoms with E-state index in [2.05, 4.69) is 27.2 Å². The number of aromatic nitrogens is 4. The zero-order valence-electron chi connectivity index (χ0n) is 15.1. The Balaban J connectivity index is 1.45. The molecule has 0 unspecified atom stereocenters. The number of fused-ring (bicyclic) bond motifs is 1. The van der Waals surface area contributed by atoms with Gasteiger partial charge in [-0.05, 0) is 62.7 Å². The Bertz CT molecular complexity index is 892. The second-order valence-corrected chi connectivity index (χ2v) is 8.68. The van der Waals surface area contributed by atoms with E-state index in [9.17, 15) is 9.59 Å². The van der Waals surface area contributed by atoms with Crippen LogP contribution in [0, 0.1) is 23.2 Å². The molecule has 4 saturated carbocycles. The minimum Gasteiger partial charge on any atom is -0.315 e. The van der Waals surface area contributed by atoms with Crippen LogP contribution in [0.25, 0.3) is 11.2 Å². The number of carbonyl (C=O) groups is 1. The highest BCUT2D eigenvalue weighted by atomic mass is 16.2. The van der Waals surface area contributed by atoms with Gasteiger partial charge >= 0.3 is 0 Å². The van der Waals surface area contributed by atoms with Crippen molar-refractivity contribution in [1.82, 2.24) is 19.5 Å². The maximum atomic E-state index is 13.2. The van der Waals surface area contributed by atoms with Crippen LogP contribution in [0.2, 0.25) is 0 Å². The lowest BCUT2D eigenvalue weighted by molar-refractivity contribution is -0.140. The molecule has 0 aliphatic heterocycles. The summed E-state index contributed by atoms with van der Waals surface area (Å²) < 4.78 is 1.87. The molecular formula is C19H25N5O2. The first-order valence-corrected chi connectivity index (χ1v) is 9.83. The van der Waals surface area contributed by atoms with E-state index in [0.29, 0.717) is 28.9 Å². The average molecular weight is 355 g/mol. The number of aryl methyl sites for hydroxylation is 1. The van der Waals surface area contributed by atoms with Crippen molar-refractivity contribution in [3.05, 3.63) is 16.7 Å². The van der Waals surface area contributed by atoms with Gasteiger partial charge in [0, 0.05) is 6.54 Å². The Labute approximate surface area is 151 Å². The van der Waals surface area contributed by atoms with E-state index < -0.39 is 0 Å². The minimum atomic E-state index is -0.300. The van der Waals surface area contributed by atoms with Crippen molar-refractivity contribution < 1.29 is 4.79 Å². The van der Waals surface area contributed by atoms with Gasteiger partial charge < -0.3 is 4.57 Å². The van der Waals surface area contributed by atoms with Crippen molar-refractivity contribution in [2.45, 2.75) is 58.4 Å². The molecule has 0 spiro atoms. The summed E-state index contributed by atoms with van der Waals surface area (Å²) >= 11 is 0. The molecule has 2 N–H and O–H groups in total. The van der Waals surface area contributed by atoms with Gasteiger partial charge in [0.2, 0.25) is 11.9 Å². The lowest BCUT2D eigenvalue weighted by Crippen LogP contribution is -2.52. The molecule has 4 fully saturated rings. The van der Waals surface area contributed by atoms with Crippen LogP contribution in [-0.2, 0) is 11.3 Å². The summed E-state index contributed by atoms with van der Waals surface area (Å²) in [5, 5.41) is 2.94. The van der Waals surface area contributed by atoms with Crippen LogP contribution in [0.3, 0.4) is 0 Å². The number of nitrogens with one attached hydrogen (secondary N) is 2. The Morgan fingerprint density at radius 3 is 2.54 bits per heavy atom.